The summed E-state index contributed by atoms with van der Waals surface area (Å²) in [5.41, 5.74) is 3.53. The van der Waals surface area contributed by atoms with Crippen LogP contribution in [-0.4, -0.2) is 19.8 Å². The van der Waals surface area contributed by atoms with Crippen molar-refractivity contribution in [3.05, 3.63) is 59.7 Å². The number of aryl methyl sites for hydroxylation is 1. The lowest BCUT2D eigenvalue weighted by Gasteiger charge is -2.13. The summed E-state index contributed by atoms with van der Waals surface area (Å²) >= 11 is 0. The van der Waals surface area contributed by atoms with Gasteiger partial charge in [-0.2, -0.15) is 0 Å². The molecule has 0 aliphatic heterocycles. The van der Waals surface area contributed by atoms with Crippen LogP contribution >= 0.6 is 0 Å². The first-order valence-corrected chi connectivity index (χ1v) is 7.38. The van der Waals surface area contributed by atoms with Gasteiger partial charge in [-0.05, 0) is 32.0 Å². The van der Waals surface area contributed by atoms with Crippen LogP contribution in [0.15, 0.2) is 48.5 Å². The van der Waals surface area contributed by atoms with Gasteiger partial charge in [0.05, 0.1) is 6.61 Å². The number of para-hydroxylation sites is 1. The molecule has 3 nitrogen and oxygen atoms in total. The topological polar surface area (TPSA) is 30.5 Å². The maximum atomic E-state index is 5.78. The summed E-state index contributed by atoms with van der Waals surface area (Å²) in [6.07, 6.45) is 0. The number of nitrogens with one attached hydrogen (secondary N) is 1. The van der Waals surface area contributed by atoms with Crippen LogP contribution in [0, 0.1) is 6.92 Å². The Morgan fingerprint density at radius 3 is 2.48 bits per heavy atom. The molecule has 0 aliphatic rings. The smallest absolute Gasteiger partial charge is 0.124 e. The fourth-order valence-electron chi connectivity index (χ4n) is 2.01. The van der Waals surface area contributed by atoms with Gasteiger partial charge in [-0.1, -0.05) is 35.9 Å². The van der Waals surface area contributed by atoms with Gasteiger partial charge < -0.3 is 14.8 Å². The second-order valence-corrected chi connectivity index (χ2v) is 4.87. The molecular formula is C18H23NO2. The van der Waals surface area contributed by atoms with Crippen LogP contribution in [0.2, 0.25) is 0 Å². The molecule has 2 aromatic carbocycles. The Bertz CT molecular complexity index is 537. The van der Waals surface area contributed by atoms with E-state index in [1.54, 1.807) is 0 Å². The monoisotopic (exact) mass is 285 g/mol. The van der Waals surface area contributed by atoms with Gasteiger partial charge in [0.15, 0.2) is 0 Å². The Kier molecular flexibility index (Phi) is 6.10. The highest BCUT2D eigenvalue weighted by Crippen LogP contribution is 2.19. The van der Waals surface area contributed by atoms with Crippen LogP contribution < -0.4 is 10.1 Å². The van der Waals surface area contributed by atoms with Crippen LogP contribution in [0.3, 0.4) is 0 Å². The number of hydrogen-bond donors (Lipinski definition) is 1. The zero-order chi connectivity index (χ0) is 14.9. The third kappa shape index (κ3) is 5.12. The number of hydrogen-bond acceptors (Lipinski definition) is 3. The van der Waals surface area contributed by atoms with Gasteiger partial charge in [0.25, 0.3) is 0 Å². The predicted octanol–water partition coefficient (Wildman–Crippen LogP) is 4.02. The average Bonchev–Trinajstić information content (AvgIpc) is 2.52. The minimum absolute atomic E-state index is 0.579. The predicted molar refractivity (Wildman–Crippen MR) is 86.9 cm³/mol. The molecule has 0 spiro atoms. The van der Waals surface area contributed by atoms with Gasteiger partial charge in [-0.25, -0.2) is 0 Å². The zero-order valence-corrected chi connectivity index (χ0v) is 12.8. The molecule has 2 aromatic rings. The van der Waals surface area contributed by atoms with Gasteiger partial charge in [-0.3, -0.25) is 0 Å². The van der Waals surface area contributed by atoms with Crippen molar-refractivity contribution in [2.45, 2.75) is 20.4 Å². The minimum Gasteiger partial charge on any atom is -0.491 e. The highest BCUT2D eigenvalue weighted by molar-refractivity contribution is 5.46. The van der Waals surface area contributed by atoms with Crippen molar-refractivity contribution in [2.75, 3.05) is 25.1 Å². The van der Waals surface area contributed by atoms with Gasteiger partial charge in [0, 0.05) is 24.4 Å². The SMILES string of the molecule is CCOCCOc1ccccc1CNc1ccc(C)cc1. The van der Waals surface area contributed by atoms with Crippen LogP contribution in [0.5, 0.6) is 5.75 Å². The molecule has 0 heterocycles. The molecule has 0 saturated heterocycles. The van der Waals surface area contributed by atoms with Crippen molar-refractivity contribution in [2.24, 2.45) is 0 Å². The highest BCUT2D eigenvalue weighted by atomic mass is 16.5. The molecule has 0 aromatic heterocycles. The third-order valence-electron chi connectivity index (χ3n) is 3.20. The number of rotatable bonds is 8. The Morgan fingerprint density at radius 2 is 1.71 bits per heavy atom. The lowest BCUT2D eigenvalue weighted by atomic mass is 10.2. The number of ether oxygens (including phenoxy) is 2. The van der Waals surface area contributed by atoms with Crippen molar-refractivity contribution in [1.82, 2.24) is 0 Å². The fourth-order valence-corrected chi connectivity index (χ4v) is 2.01. The maximum Gasteiger partial charge on any atom is 0.124 e. The normalized spacial score (nSPS) is 10.4. The first-order valence-electron chi connectivity index (χ1n) is 7.38. The van der Waals surface area contributed by atoms with E-state index in [0.717, 1.165) is 30.2 Å². The van der Waals surface area contributed by atoms with Gasteiger partial charge in [0.2, 0.25) is 0 Å². The van der Waals surface area contributed by atoms with E-state index in [2.05, 4.69) is 42.6 Å². The molecule has 1 N–H and O–H groups in total. The molecule has 0 unspecified atom stereocenters. The van der Waals surface area contributed by atoms with Crippen molar-refractivity contribution < 1.29 is 9.47 Å². The van der Waals surface area contributed by atoms with E-state index in [-0.39, 0.29) is 0 Å². The molecule has 0 atom stereocenters. The van der Waals surface area contributed by atoms with Crippen molar-refractivity contribution in [3.8, 4) is 5.75 Å². The Balaban J connectivity index is 1.91. The number of anilines is 1. The molecule has 112 valence electrons. The summed E-state index contributed by atoms with van der Waals surface area (Å²) < 4.78 is 11.1. The standard InChI is InChI=1S/C18H23NO2/c1-3-20-12-13-21-18-7-5-4-6-16(18)14-19-17-10-8-15(2)9-11-17/h4-11,19H,3,12-14H2,1-2H3. The summed E-state index contributed by atoms with van der Waals surface area (Å²) in [5, 5.41) is 3.42. The van der Waals surface area contributed by atoms with Gasteiger partial charge in [-0.15, -0.1) is 0 Å². The molecule has 0 radical (unpaired) electrons. The second kappa shape index (κ2) is 8.32. The van der Waals surface area contributed by atoms with Gasteiger partial charge >= 0.3 is 0 Å². The summed E-state index contributed by atoms with van der Waals surface area (Å²) in [4.78, 5) is 0. The van der Waals surface area contributed by atoms with Crippen LogP contribution in [-0.2, 0) is 11.3 Å². The third-order valence-corrected chi connectivity index (χ3v) is 3.20. The van der Waals surface area contributed by atoms with E-state index in [1.807, 2.05) is 25.1 Å². The van der Waals surface area contributed by atoms with Crippen LogP contribution in [0.1, 0.15) is 18.1 Å². The molecule has 0 bridgehead atoms. The second-order valence-electron chi connectivity index (χ2n) is 4.87. The van der Waals surface area contributed by atoms with Gasteiger partial charge in [0.1, 0.15) is 12.4 Å². The van der Waals surface area contributed by atoms with Crippen molar-refractivity contribution in [1.29, 1.82) is 0 Å². The largest absolute Gasteiger partial charge is 0.491 e. The van der Waals surface area contributed by atoms with E-state index in [1.165, 1.54) is 5.56 Å². The molecule has 0 aliphatic carbocycles. The lowest BCUT2D eigenvalue weighted by molar-refractivity contribution is 0.110. The summed E-state index contributed by atoms with van der Waals surface area (Å²) in [6, 6.07) is 16.5. The first-order chi connectivity index (χ1) is 10.3. The van der Waals surface area contributed by atoms with E-state index in [0.29, 0.717) is 13.2 Å². The van der Waals surface area contributed by atoms with E-state index in [4.69, 9.17) is 9.47 Å². The summed E-state index contributed by atoms with van der Waals surface area (Å²) in [6.45, 7) is 6.74. The average molecular weight is 285 g/mol. The maximum absolute atomic E-state index is 5.78. The molecule has 0 fully saturated rings. The van der Waals surface area contributed by atoms with Crippen molar-refractivity contribution >= 4 is 5.69 Å². The molecule has 2 rings (SSSR count). The fraction of sp³-hybridized carbons (Fsp3) is 0.333. The lowest BCUT2D eigenvalue weighted by Crippen LogP contribution is -2.09. The van der Waals surface area contributed by atoms with Crippen molar-refractivity contribution in [3.63, 3.8) is 0 Å². The summed E-state index contributed by atoms with van der Waals surface area (Å²) in [5.74, 6) is 0.914. The Morgan fingerprint density at radius 1 is 0.952 bits per heavy atom. The summed E-state index contributed by atoms with van der Waals surface area (Å²) in [7, 11) is 0. The van der Waals surface area contributed by atoms with Crippen LogP contribution in [0.25, 0.3) is 0 Å². The van der Waals surface area contributed by atoms with E-state index < -0.39 is 0 Å². The Labute approximate surface area is 126 Å². The highest BCUT2D eigenvalue weighted by Gasteiger charge is 2.03. The minimum atomic E-state index is 0.579. The molecule has 3 heteroatoms. The zero-order valence-electron chi connectivity index (χ0n) is 12.8. The van der Waals surface area contributed by atoms with E-state index in [9.17, 15) is 0 Å². The van der Waals surface area contributed by atoms with E-state index >= 15 is 0 Å². The molecule has 0 amide bonds. The Hall–Kier alpha value is -2.00. The number of benzene rings is 2. The molecule has 21 heavy (non-hydrogen) atoms. The molecule has 0 saturated carbocycles. The van der Waals surface area contributed by atoms with Crippen LogP contribution in [0.4, 0.5) is 5.69 Å². The quantitative estimate of drug-likeness (QED) is 0.743. The first kappa shape index (κ1) is 15.4. The molecular weight excluding hydrogens is 262 g/mol.